The molecule has 0 radical (unpaired) electrons. The Labute approximate surface area is 102 Å². The summed E-state index contributed by atoms with van der Waals surface area (Å²) in [5.41, 5.74) is 1.36. The summed E-state index contributed by atoms with van der Waals surface area (Å²) in [6, 6.07) is 6.07. The van der Waals surface area contributed by atoms with Crippen LogP contribution < -0.4 is 10.1 Å². The van der Waals surface area contributed by atoms with Crippen LogP contribution in [0, 0.1) is 0 Å². The highest BCUT2D eigenvalue weighted by Crippen LogP contribution is 2.31. The molecule has 1 N–H and O–H groups in total. The van der Waals surface area contributed by atoms with Crippen LogP contribution in [0.3, 0.4) is 0 Å². The Bertz CT molecular complexity index is 380. The van der Waals surface area contributed by atoms with Crippen LogP contribution in [0.15, 0.2) is 18.2 Å². The van der Waals surface area contributed by atoms with Crippen molar-refractivity contribution in [3.05, 3.63) is 28.8 Å². The van der Waals surface area contributed by atoms with Crippen LogP contribution in [0.5, 0.6) is 5.75 Å². The fraction of sp³-hybridized carbons (Fsp3) is 0.538. The van der Waals surface area contributed by atoms with Gasteiger partial charge in [0.2, 0.25) is 0 Å². The van der Waals surface area contributed by atoms with Crippen molar-refractivity contribution in [2.45, 2.75) is 32.3 Å². The highest BCUT2D eigenvalue weighted by molar-refractivity contribution is 6.32. The van der Waals surface area contributed by atoms with E-state index in [1.165, 1.54) is 5.56 Å². The van der Waals surface area contributed by atoms with Gasteiger partial charge in [-0.05, 0) is 23.1 Å². The maximum atomic E-state index is 6.22. The van der Waals surface area contributed by atoms with Gasteiger partial charge in [0, 0.05) is 13.1 Å². The van der Waals surface area contributed by atoms with Crippen molar-refractivity contribution >= 4 is 11.6 Å². The van der Waals surface area contributed by atoms with Gasteiger partial charge in [0.05, 0.1) is 5.02 Å². The minimum atomic E-state index is 0.125. The zero-order valence-electron chi connectivity index (χ0n) is 10.0. The number of hydrogen-bond acceptors (Lipinski definition) is 2. The van der Waals surface area contributed by atoms with Gasteiger partial charge >= 0.3 is 0 Å². The summed E-state index contributed by atoms with van der Waals surface area (Å²) in [7, 11) is 0. The Morgan fingerprint density at radius 1 is 1.31 bits per heavy atom. The number of ether oxygens (including phenoxy) is 1. The van der Waals surface area contributed by atoms with E-state index in [1.807, 2.05) is 12.1 Å². The van der Waals surface area contributed by atoms with Crippen molar-refractivity contribution in [1.82, 2.24) is 5.32 Å². The van der Waals surface area contributed by atoms with Gasteiger partial charge in [0.15, 0.2) is 0 Å². The Kier molecular flexibility index (Phi) is 3.13. The molecule has 88 valence electrons. The molecule has 16 heavy (non-hydrogen) atoms. The molecule has 0 spiro atoms. The van der Waals surface area contributed by atoms with Gasteiger partial charge in [-0.3, -0.25) is 0 Å². The summed E-state index contributed by atoms with van der Waals surface area (Å²) >= 11 is 6.22. The van der Waals surface area contributed by atoms with E-state index in [2.05, 4.69) is 32.2 Å². The third-order valence-corrected chi connectivity index (χ3v) is 3.13. The van der Waals surface area contributed by atoms with Crippen molar-refractivity contribution in [2.24, 2.45) is 0 Å². The summed E-state index contributed by atoms with van der Waals surface area (Å²) in [6.45, 7) is 8.35. The Morgan fingerprint density at radius 2 is 2.00 bits per heavy atom. The van der Waals surface area contributed by atoms with Crippen LogP contribution in [0.25, 0.3) is 0 Å². The van der Waals surface area contributed by atoms with Gasteiger partial charge in [-0.25, -0.2) is 0 Å². The third-order valence-electron chi connectivity index (χ3n) is 2.84. The molecule has 1 aliphatic heterocycles. The van der Waals surface area contributed by atoms with Crippen molar-refractivity contribution in [2.75, 3.05) is 13.1 Å². The van der Waals surface area contributed by atoms with Crippen molar-refractivity contribution in [1.29, 1.82) is 0 Å². The molecule has 1 saturated heterocycles. The van der Waals surface area contributed by atoms with Gasteiger partial charge in [0.1, 0.15) is 11.9 Å². The largest absolute Gasteiger partial charge is 0.486 e. The molecule has 0 aliphatic carbocycles. The molecule has 0 saturated carbocycles. The molecule has 2 nitrogen and oxygen atoms in total. The van der Waals surface area contributed by atoms with E-state index < -0.39 is 0 Å². The lowest BCUT2D eigenvalue weighted by Gasteiger charge is -2.28. The fourth-order valence-electron chi connectivity index (χ4n) is 1.59. The maximum Gasteiger partial charge on any atom is 0.138 e. The average Bonchev–Trinajstić information content (AvgIpc) is 2.11. The molecule has 1 aromatic rings. The lowest BCUT2D eigenvalue weighted by atomic mass is 9.87. The molecule has 1 fully saturated rings. The SMILES string of the molecule is CC(C)(C)c1ccc(OC2CNC2)c(Cl)c1. The summed E-state index contributed by atoms with van der Waals surface area (Å²) in [6.07, 6.45) is 0.276. The normalized spacial score (nSPS) is 17.0. The monoisotopic (exact) mass is 239 g/mol. The number of hydrogen-bond donors (Lipinski definition) is 1. The van der Waals surface area contributed by atoms with E-state index in [1.54, 1.807) is 0 Å². The van der Waals surface area contributed by atoms with Gasteiger partial charge in [-0.15, -0.1) is 0 Å². The molecule has 1 aliphatic rings. The van der Waals surface area contributed by atoms with Crippen molar-refractivity contribution in [3.8, 4) is 5.75 Å². The summed E-state index contributed by atoms with van der Waals surface area (Å²) in [5.74, 6) is 0.793. The molecule has 0 bridgehead atoms. The predicted octanol–water partition coefficient (Wildman–Crippen LogP) is 2.99. The highest BCUT2D eigenvalue weighted by atomic mass is 35.5. The lowest BCUT2D eigenvalue weighted by Crippen LogP contribution is -2.50. The zero-order chi connectivity index (χ0) is 11.8. The molecule has 0 aromatic heterocycles. The first-order valence-electron chi connectivity index (χ1n) is 5.64. The van der Waals surface area contributed by atoms with Crippen molar-refractivity contribution in [3.63, 3.8) is 0 Å². The molecular weight excluding hydrogens is 222 g/mol. The summed E-state index contributed by atoms with van der Waals surface area (Å²) < 4.78 is 5.75. The second-order valence-corrected chi connectivity index (χ2v) is 5.70. The standard InChI is InChI=1S/C13H18ClNO/c1-13(2,3)9-4-5-12(11(14)6-9)16-10-7-15-8-10/h4-6,10,15H,7-8H2,1-3H3. The van der Waals surface area contributed by atoms with E-state index in [4.69, 9.17) is 16.3 Å². The van der Waals surface area contributed by atoms with Crippen LogP contribution in [-0.2, 0) is 5.41 Å². The van der Waals surface area contributed by atoms with Gasteiger partial charge in [-0.1, -0.05) is 38.4 Å². The van der Waals surface area contributed by atoms with E-state index in [9.17, 15) is 0 Å². The summed E-state index contributed by atoms with van der Waals surface area (Å²) in [5, 5.41) is 3.88. The lowest BCUT2D eigenvalue weighted by molar-refractivity contribution is 0.142. The van der Waals surface area contributed by atoms with Crippen LogP contribution in [-0.4, -0.2) is 19.2 Å². The Morgan fingerprint density at radius 3 is 2.44 bits per heavy atom. The molecule has 2 rings (SSSR count). The second kappa shape index (κ2) is 4.27. The van der Waals surface area contributed by atoms with Crippen molar-refractivity contribution < 1.29 is 4.74 Å². The number of halogens is 1. The molecule has 0 atom stereocenters. The zero-order valence-corrected chi connectivity index (χ0v) is 10.8. The molecule has 3 heteroatoms. The van der Waals surface area contributed by atoms with E-state index >= 15 is 0 Å². The third kappa shape index (κ3) is 2.50. The molecule has 0 amide bonds. The first kappa shape index (κ1) is 11.7. The van der Waals surface area contributed by atoms with E-state index in [0.717, 1.165) is 18.8 Å². The van der Waals surface area contributed by atoms with Gasteiger partial charge < -0.3 is 10.1 Å². The van der Waals surface area contributed by atoms with Crippen LogP contribution in [0.2, 0.25) is 5.02 Å². The highest BCUT2D eigenvalue weighted by Gasteiger charge is 2.20. The van der Waals surface area contributed by atoms with E-state index in [0.29, 0.717) is 5.02 Å². The molecule has 1 heterocycles. The Balaban J connectivity index is 2.15. The minimum Gasteiger partial charge on any atom is -0.486 e. The van der Waals surface area contributed by atoms with Gasteiger partial charge in [-0.2, -0.15) is 0 Å². The number of nitrogens with one attached hydrogen (secondary N) is 1. The number of rotatable bonds is 2. The molecule has 0 unspecified atom stereocenters. The maximum absolute atomic E-state index is 6.22. The smallest absolute Gasteiger partial charge is 0.138 e. The molecular formula is C13H18ClNO. The first-order chi connectivity index (χ1) is 7.47. The quantitative estimate of drug-likeness (QED) is 0.857. The molecule has 1 aromatic carbocycles. The second-order valence-electron chi connectivity index (χ2n) is 5.29. The van der Waals surface area contributed by atoms with E-state index in [-0.39, 0.29) is 11.5 Å². The minimum absolute atomic E-state index is 0.125. The number of benzene rings is 1. The first-order valence-corrected chi connectivity index (χ1v) is 6.02. The topological polar surface area (TPSA) is 21.3 Å². The predicted molar refractivity (Wildman–Crippen MR) is 67.4 cm³/mol. The van der Waals surface area contributed by atoms with Gasteiger partial charge in [0.25, 0.3) is 0 Å². The van der Waals surface area contributed by atoms with Crippen LogP contribution in [0.1, 0.15) is 26.3 Å². The van der Waals surface area contributed by atoms with Crippen LogP contribution in [0.4, 0.5) is 0 Å². The Hall–Kier alpha value is -0.730. The van der Waals surface area contributed by atoms with Crippen LogP contribution >= 0.6 is 11.6 Å². The average molecular weight is 240 g/mol. The summed E-state index contributed by atoms with van der Waals surface area (Å²) in [4.78, 5) is 0. The fourth-order valence-corrected chi connectivity index (χ4v) is 1.81.